The van der Waals surface area contributed by atoms with Crippen LogP contribution in [0.4, 0.5) is 5.69 Å². The lowest BCUT2D eigenvalue weighted by Crippen LogP contribution is -2.23. The van der Waals surface area contributed by atoms with Gasteiger partial charge in [-0.3, -0.25) is 9.59 Å². The minimum absolute atomic E-state index is 0.00877. The minimum Gasteiger partial charge on any atom is -0.325 e. The summed E-state index contributed by atoms with van der Waals surface area (Å²) in [5.74, 6) is 1.47. The molecule has 0 radical (unpaired) electrons. The third-order valence-corrected chi connectivity index (χ3v) is 6.32. The van der Waals surface area contributed by atoms with Crippen LogP contribution in [0, 0.1) is 0 Å². The van der Waals surface area contributed by atoms with Gasteiger partial charge in [-0.25, -0.2) is 0 Å². The van der Waals surface area contributed by atoms with E-state index in [2.05, 4.69) is 27.0 Å². The molecule has 6 nitrogen and oxygen atoms in total. The molecule has 0 saturated heterocycles. The number of hydrogen-bond acceptors (Lipinski definition) is 5. The van der Waals surface area contributed by atoms with E-state index in [1.165, 1.54) is 50.8 Å². The number of anilines is 1. The van der Waals surface area contributed by atoms with Crippen LogP contribution < -0.4 is 5.32 Å². The van der Waals surface area contributed by atoms with Crippen molar-refractivity contribution in [3.8, 4) is 0 Å². The number of ketones is 1. The molecule has 1 heterocycles. The van der Waals surface area contributed by atoms with E-state index in [4.69, 9.17) is 0 Å². The number of Topliss-reactive ketones (excluding diaryl/α,β-unsaturated/α-hetero) is 1. The summed E-state index contributed by atoms with van der Waals surface area (Å²) in [7, 11) is 0. The first-order valence-corrected chi connectivity index (χ1v) is 10.9. The molecule has 1 aliphatic carbocycles. The monoisotopic (exact) mass is 400 g/mol. The number of amides is 1. The first-order chi connectivity index (χ1) is 13.5. The van der Waals surface area contributed by atoms with Crippen molar-refractivity contribution in [1.29, 1.82) is 0 Å². The summed E-state index contributed by atoms with van der Waals surface area (Å²) in [4.78, 5) is 23.9. The van der Waals surface area contributed by atoms with E-state index in [1.807, 2.05) is 6.92 Å². The number of nitrogens with one attached hydrogen (secondary N) is 1. The second-order valence-corrected chi connectivity index (χ2v) is 8.61. The molecule has 1 aliphatic rings. The highest BCUT2D eigenvalue weighted by atomic mass is 32.2. The number of aromatic nitrogens is 3. The summed E-state index contributed by atoms with van der Waals surface area (Å²) in [5.41, 5.74) is 1.31. The second kappa shape index (κ2) is 9.37. The molecule has 0 spiro atoms. The molecule has 1 fully saturated rings. The summed E-state index contributed by atoms with van der Waals surface area (Å²) >= 11 is 1.44. The molecule has 150 valence electrons. The summed E-state index contributed by atoms with van der Waals surface area (Å²) in [5, 5.41) is 12.2. The molecule has 1 saturated carbocycles. The van der Waals surface area contributed by atoms with Crippen LogP contribution in [0.2, 0.25) is 0 Å². The van der Waals surface area contributed by atoms with Crippen molar-refractivity contribution < 1.29 is 9.59 Å². The van der Waals surface area contributed by atoms with Gasteiger partial charge in [-0.2, -0.15) is 0 Å². The van der Waals surface area contributed by atoms with Crippen molar-refractivity contribution in [2.24, 2.45) is 0 Å². The Labute approximate surface area is 170 Å². The predicted molar refractivity (Wildman–Crippen MR) is 112 cm³/mol. The third kappa shape index (κ3) is 4.82. The van der Waals surface area contributed by atoms with Gasteiger partial charge in [-0.1, -0.05) is 31.0 Å². The Hall–Kier alpha value is -2.15. The molecule has 1 amide bonds. The zero-order valence-electron chi connectivity index (χ0n) is 16.8. The fourth-order valence-corrected chi connectivity index (χ4v) is 4.51. The number of nitrogens with zero attached hydrogens (tertiary/aromatic N) is 3. The minimum atomic E-state index is -0.304. The van der Waals surface area contributed by atoms with Gasteiger partial charge in [0.25, 0.3) is 0 Å². The molecule has 1 atom stereocenters. The highest BCUT2D eigenvalue weighted by Gasteiger charge is 2.25. The molecule has 1 aromatic heterocycles. The van der Waals surface area contributed by atoms with Gasteiger partial charge >= 0.3 is 0 Å². The topological polar surface area (TPSA) is 76.9 Å². The van der Waals surface area contributed by atoms with Gasteiger partial charge in [-0.15, -0.1) is 10.2 Å². The molecule has 0 bridgehead atoms. The van der Waals surface area contributed by atoms with Crippen molar-refractivity contribution in [3.63, 3.8) is 0 Å². The summed E-state index contributed by atoms with van der Waals surface area (Å²) in [6.07, 6.45) is 6.17. The van der Waals surface area contributed by atoms with Gasteiger partial charge < -0.3 is 9.88 Å². The smallest absolute Gasteiger partial charge is 0.237 e. The second-order valence-electron chi connectivity index (χ2n) is 7.30. The van der Waals surface area contributed by atoms with Gasteiger partial charge in [0.2, 0.25) is 5.91 Å². The van der Waals surface area contributed by atoms with Crippen LogP contribution in [0.5, 0.6) is 0 Å². The van der Waals surface area contributed by atoms with E-state index >= 15 is 0 Å². The number of rotatable bonds is 7. The fraction of sp³-hybridized carbons (Fsp3) is 0.524. The Morgan fingerprint density at radius 3 is 2.46 bits per heavy atom. The number of carbonyl (C=O) groups is 2. The van der Waals surface area contributed by atoms with E-state index in [0.717, 1.165) is 17.5 Å². The summed E-state index contributed by atoms with van der Waals surface area (Å²) < 4.78 is 2.16. The van der Waals surface area contributed by atoms with Crippen molar-refractivity contribution in [3.05, 3.63) is 35.7 Å². The molecule has 1 N–H and O–H groups in total. The largest absolute Gasteiger partial charge is 0.325 e. The maximum absolute atomic E-state index is 12.6. The zero-order valence-corrected chi connectivity index (χ0v) is 17.6. The zero-order chi connectivity index (χ0) is 20.1. The fourth-order valence-electron chi connectivity index (χ4n) is 3.59. The van der Waals surface area contributed by atoms with Crippen LogP contribution in [0.25, 0.3) is 0 Å². The molecule has 0 unspecified atom stereocenters. The van der Waals surface area contributed by atoms with Gasteiger partial charge in [0, 0.05) is 23.7 Å². The lowest BCUT2D eigenvalue weighted by Gasteiger charge is -2.21. The number of thioether (sulfide) groups is 1. The average Bonchev–Trinajstić information content (AvgIpc) is 3.11. The SMILES string of the molecule is CCn1c(S[C@H](C)C(=O)Nc2ccc(C(C)=O)cc2)nnc1C1CCCCC1. The van der Waals surface area contributed by atoms with Crippen molar-refractivity contribution >= 4 is 29.1 Å². The molecule has 3 rings (SSSR count). The standard InChI is InChI=1S/C21H28N4O2S/c1-4-25-19(17-8-6-5-7-9-17)23-24-21(25)28-15(3)20(27)22-18-12-10-16(11-13-18)14(2)26/h10-13,15,17H,4-9H2,1-3H3,(H,22,27)/t15-/m1/s1. The molecule has 7 heteroatoms. The summed E-state index contributed by atoms with van der Waals surface area (Å²) in [6.45, 7) is 6.31. The van der Waals surface area contributed by atoms with Crippen LogP contribution in [0.3, 0.4) is 0 Å². The van der Waals surface area contributed by atoms with Crippen molar-refractivity contribution in [1.82, 2.24) is 14.8 Å². The Kier molecular flexibility index (Phi) is 6.88. The highest BCUT2D eigenvalue weighted by Crippen LogP contribution is 2.34. The van der Waals surface area contributed by atoms with Crippen LogP contribution >= 0.6 is 11.8 Å². The van der Waals surface area contributed by atoms with E-state index in [1.54, 1.807) is 24.3 Å². The Balaban J connectivity index is 1.64. The van der Waals surface area contributed by atoms with Gasteiger partial charge in [-0.05, 0) is 57.9 Å². The normalized spacial score (nSPS) is 16.0. The molecule has 1 aromatic carbocycles. The molecule has 0 aliphatic heterocycles. The van der Waals surface area contributed by atoms with Crippen LogP contribution in [-0.4, -0.2) is 31.7 Å². The first kappa shape index (κ1) is 20.6. The van der Waals surface area contributed by atoms with Crippen molar-refractivity contribution in [2.45, 2.75) is 75.7 Å². The van der Waals surface area contributed by atoms with Gasteiger partial charge in [0.15, 0.2) is 10.9 Å². The third-order valence-electron chi connectivity index (χ3n) is 5.24. The average molecular weight is 401 g/mol. The van der Waals surface area contributed by atoms with Crippen LogP contribution in [0.15, 0.2) is 29.4 Å². The Morgan fingerprint density at radius 2 is 1.86 bits per heavy atom. The van der Waals surface area contributed by atoms with Crippen molar-refractivity contribution in [2.75, 3.05) is 5.32 Å². The molecular weight excluding hydrogens is 372 g/mol. The Morgan fingerprint density at radius 1 is 1.18 bits per heavy atom. The maximum Gasteiger partial charge on any atom is 0.237 e. The Bertz CT molecular complexity index is 825. The first-order valence-electron chi connectivity index (χ1n) is 10.0. The van der Waals surface area contributed by atoms with E-state index in [9.17, 15) is 9.59 Å². The van der Waals surface area contributed by atoms with Gasteiger partial charge in [0.1, 0.15) is 5.82 Å². The molecule has 28 heavy (non-hydrogen) atoms. The maximum atomic E-state index is 12.6. The number of hydrogen-bond donors (Lipinski definition) is 1. The predicted octanol–water partition coefficient (Wildman–Crippen LogP) is 4.67. The van der Waals surface area contributed by atoms with E-state index < -0.39 is 0 Å². The highest BCUT2D eigenvalue weighted by molar-refractivity contribution is 8.00. The molecular formula is C21H28N4O2S. The van der Waals surface area contributed by atoms with E-state index in [-0.39, 0.29) is 16.9 Å². The lowest BCUT2D eigenvalue weighted by atomic mass is 9.89. The lowest BCUT2D eigenvalue weighted by molar-refractivity contribution is -0.115. The summed E-state index contributed by atoms with van der Waals surface area (Å²) in [6, 6.07) is 6.95. The van der Waals surface area contributed by atoms with Crippen LogP contribution in [-0.2, 0) is 11.3 Å². The van der Waals surface area contributed by atoms with Crippen LogP contribution in [0.1, 0.15) is 75.0 Å². The number of benzene rings is 1. The van der Waals surface area contributed by atoms with E-state index in [0.29, 0.717) is 17.2 Å². The number of carbonyl (C=O) groups excluding carboxylic acids is 2. The van der Waals surface area contributed by atoms with Gasteiger partial charge in [0.05, 0.1) is 5.25 Å². The molecule has 2 aromatic rings. The quantitative estimate of drug-likeness (QED) is 0.540.